The van der Waals surface area contributed by atoms with Crippen LogP contribution in [0, 0.1) is 17.3 Å². The Kier molecular flexibility index (Phi) is 11.4. The van der Waals surface area contributed by atoms with Crippen molar-refractivity contribution in [2.45, 2.75) is 130 Å². The molecule has 0 bridgehead atoms. The molecule has 0 aromatic heterocycles. The van der Waals surface area contributed by atoms with E-state index in [4.69, 9.17) is 9.16 Å². The Labute approximate surface area is 286 Å². The summed E-state index contributed by atoms with van der Waals surface area (Å²) >= 11 is 0. The summed E-state index contributed by atoms with van der Waals surface area (Å²) in [6, 6.07) is 23.0. The van der Waals surface area contributed by atoms with Crippen molar-refractivity contribution >= 4 is 20.6 Å². The lowest BCUT2D eigenvalue weighted by Crippen LogP contribution is -2.42. The highest BCUT2D eigenvalue weighted by atomic mass is 28.3. The molecule has 1 N–H and O–H groups in total. The molecule has 4 nitrogen and oxygen atoms in total. The van der Waals surface area contributed by atoms with E-state index in [-0.39, 0.29) is 22.7 Å². The van der Waals surface area contributed by atoms with Crippen molar-refractivity contribution in [2.75, 3.05) is 5.32 Å². The molecule has 1 heterocycles. The first-order valence-electron chi connectivity index (χ1n) is 18.3. The molecular weight excluding hydrogens is 595 g/mol. The van der Waals surface area contributed by atoms with Crippen LogP contribution >= 0.6 is 0 Å². The molecule has 1 saturated carbocycles. The van der Waals surface area contributed by atoms with Gasteiger partial charge in [0.1, 0.15) is 11.5 Å². The van der Waals surface area contributed by atoms with E-state index in [1.807, 2.05) is 36.4 Å². The predicted molar refractivity (Wildman–Crippen MR) is 199 cm³/mol. The highest BCUT2D eigenvalue weighted by Crippen LogP contribution is 2.46. The van der Waals surface area contributed by atoms with Crippen LogP contribution in [0.25, 0.3) is 0 Å². The van der Waals surface area contributed by atoms with Crippen LogP contribution in [0.15, 0.2) is 66.7 Å². The Morgan fingerprint density at radius 3 is 2.02 bits per heavy atom. The van der Waals surface area contributed by atoms with Gasteiger partial charge < -0.3 is 14.5 Å². The molecule has 1 aliphatic carbocycles. The maximum absolute atomic E-state index is 13.9. The molecule has 0 spiro atoms. The number of para-hydroxylation sites is 2. The molecule has 1 fully saturated rings. The first-order valence-corrected chi connectivity index (χ1v) is 21.0. The number of aryl methyl sites for hydroxylation is 1. The summed E-state index contributed by atoms with van der Waals surface area (Å²) in [4.78, 5) is 13.9. The number of rotatable bonds is 10. The van der Waals surface area contributed by atoms with Gasteiger partial charge in [-0.15, -0.1) is 0 Å². The molecule has 5 heteroatoms. The predicted octanol–water partition coefficient (Wildman–Crippen LogP) is 11.2. The molecular formula is C42H59NO3Si. The Morgan fingerprint density at radius 1 is 0.872 bits per heavy atom. The highest BCUT2D eigenvalue weighted by molar-refractivity contribution is 6.48. The molecule has 2 aliphatic rings. The van der Waals surface area contributed by atoms with E-state index in [9.17, 15) is 4.79 Å². The molecule has 47 heavy (non-hydrogen) atoms. The Bertz CT molecular complexity index is 1450. The van der Waals surface area contributed by atoms with Crippen molar-refractivity contribution in [1.82, 2.24) is 0 Å². The summed E-state index contributed by atoms with van der Waals surface area (Å²) < 4.78 is 13.2. The topological polar surface area (TPSA) is 47.6 Å². The molecule has 0 radical (unpaired) electrons. The number of anilines is 1. The summed E-state index contributed by atoms with van der Waals surface area (Å²) in [5.41, 5.74) is 5.56. The molecule has 0 saturated heterocycles. The summed E-state index contributed by atoms with van der Waals surface area (Å²) in [5, 5.41) is 3.39. The van der Waals surface area contributed by atoms with Crippen LogP contribution in [0.3, 0.4) is 0 Å². The van der Waals surface area contributed by atoms with Crippen LogP contribution in [-0.4, -0.2) is 21.1 Å². The van der Waals surface area contributed by atoms with Gasteiger partial charge in [0.2, 0.25) is 5.91 Å². The fourth-order valence-corrected chi connectivity index (χ4v) is 9.06. The third-order valence-electron chi connectivity index (χ3n) is 10.4. The van der Waals surface area contributed by atoms with Crippen LogP contribution in [0.5, 0.6) is 11.5 Å². The van der Waals surface area contributed by atoms with E-state index in [1.54, 1.807) is 0 Å². The zero-order valence-electron chi connectivity index (χ0n) is 30.3. The van der Waals surface area contributed by atoms with E-state index < -0.39 is 9.04 Å². The van der Waals surface area contributed by atoms with Gasteiger partial charge in [0.15, 0.2) is 9.04 Å². The average Bonchev–Trinajstić information content (AvgIpc) is 3.29. The summed E-state index contributed by atoms with van der Waals surface area (Å²) in [7, 11) is -1.20. The Balaban J connectivity index is 1.38. The quantitative estimate of drug-likeness (QED) is 0.175. The molecule has 3 aromatic carbocycles. The van der Waals surface area contributed by atoms with Gasteiger partial charge in [-0.25, -0.2) is 0 Å². The van der Waals surface area contributed by atoms with E-state index in [1.165, 1.54) is 49.7 Å². The van der Waals surface area contributed by atoms with Gasteiger partial charge in [-0.1, -0.05) is 116 Å². The number of benzene rings is 3. The molecule has 1 aliphatic heterocycles. The van der Waals surface area contributed by atoms with Crippen molar-refractivity contribution in [3.63, 3.8) is 0 Å². The monoisotopic (exact) mass is 653 g/mol. The summed E-state index contributed by atoms with van der Waals surface area (Å²) in [6.45, 7) is 18.6. The number of ether oxygens (including phenoxy) is 1. The van der Waals surface area contributed by atoms with Crippen molar-refractivity contribution in [3.05, 3.63) is 89.0 Å². The van der Waals surface area contributed by atoms with Gasteiger partial charge in [-0.3, -0.25) is 4.79 Å². The third kappa shape index (κ3) is 8.97. The minimum atomic E-state index is -1.20. The number of hydrogen-bond acceptors (Lipinski definition) is 3. The minimum absolute atomic E-state index is 0.0282. The summed E-state index contributed by atoms with van der Waals surface area (Å²) in [6.07, 6.45) is 10.8. The van der Waals surface area contributed by atoms with Gasteiger partial charge in [-0.2, -0.15) is 0 Å². The van der Waals surface area contributed by atoms with Crippen LogP contribution < -0.4 is 10.1 Å². The second-order valence-electron chi connectivity index (χ2n) is 16.5. The lowest BCUT2D eigenvalue weighted by Gasteiger charge is -2.42. The second-order valence-corrected chi connectivity index (χ2v) is 18.9. The summed E-state index contributed by atoms with van der Waals surface area (Å²) in [5.74, 6) is 2.78. The highest BCUT2D eigenvalue weighted by Gasteiger charge is 2.38. The SMILES string of the molecule is C[SiH](C)OC(C1CCCCCC1)C(CCc1ccc(C(C)(C)C)c(NC(=O)CC2c3ccccc3Oc3ccccc32)c1)C(C)(C)C. The van der Waals surface area contributed by atoms with Gasteiger partial charge in [0, 0.05) is 29.2 Å². The van der Waals surface area contributed by atoms with Crippen molar-refractivity contribution in [3.8, 4) is 11.5 Å². The van der Waals surface area contributed by atoms with Crippen molar-refractivity contribution < 1.29 is 14.0 Å². The van der Waals surface area contributed by atoms with E-state index >= 15 is 0 Å². The third-order valence-corrected chi connectivity index (χ3v) is 11.3. The Hall–Kier alpha value is -2.89. The minimum Gasteiger partial charge on any atom is -0.457 e. The zero-order valence-corrected chi connectivity index (χ0v) is 31.5. The van der Waals surface area contributed by atoms with Crippen LogP contribution in [0.4, 0.5) is 5.69 Å². The average molecular weight is 654 g/mol. The number of fused-ring (bicyclic) bond motifs is 2. The fourth-order valence-electron chi connectivity index (χ4n) is 8.02. The molecule has 1 amide bonds. The zero-order chi connectivity index (χ0) is 33.8. The molecule has 2 unspecified atom stereocenters. The molecule has 254 valence electrons. The number of hydrogen-bond donors (Lipinski definition) is 1. The first kappa shape index (κ1) is 35.4. The van der Waals surface area contributed by atoms with Crippen molar-refractivity contribution in [2.24, 2.45) is 17.3 Å². The van der Waals surface area contributed by atoms with Gasteiger partial charge >= 0.3 is 0 Å². The van der Waals surface area contributed by atoms with E-state index in [2.05, 4.69) is 90.3 Å². The largest absolute Gasteiger partial charge is 0.457 e. The van der Waals surface area contributed by atoms with Gasteiger partial charge in [0.25, 0.3) is 0 Å². The van der Waals surface area contributed by atoms with Crippen LogP contribution in [0.1, 0.15) is 121 Å². The number of nitrogens with one attached hydrogen (secondary N) is 1. The smallest absolute Gasteiger partial charge is 0.225 e. The number of carbonyl (C=O) groups excluding carboxylic acids is 1. The Morgan fingerprint density at radius 2 is 1.47 bits per heavy atom. The van der Waals surface area contributed by atoms with Crippen LogP contribution in [0.2, 0.25) is 13.1 Å². The maximum atomic E-state index is 13.9. The molecule has 3 aromatic rings. The second kappa shape index (κ2) is 15.1. The number of amides is 1. The van der Waals surface area contributed by atoms with Crippen LogP contribution in [-0.2, 0) is 21.1 Å². The lowest BCUT2D eigenvalue weighted by atomic mass is 9.70. The standard InChI is InChI=1S/C42H59NO3Si/c1-41(2,3)34-25-23-29(24-26-35(42(4,5)6)40(46-47(7)8)30-17-11-9-10-12-18-30)27-36(34)43-39(44)28-33-31-19-13-15-21-37(31)45-38-22-16-14-20-32(33)38/h13-16,19-23,25,27,30,33,35,40,47H,9-12,17-18,24,26,28H2,1-8H3,(H,43,44). The number of carbonyl (C=O) groups is 1. The first-order chi connectivity index (χ1) is 22.3. The normalized spacial score (nSPS) is 17.3. The fraction of sp³-hybridized carbons (Fsp3) is 0.548. The molecule has 5 rings (SSSR count). The van der Waals surface area contributed by atoms with Gasteiger partial charge in [0.05, 0.1) is 6.10 Å². The molecule has 2 atom stereocenters. The lowest BCUT2D eigenvalue weighted by molar-refractivity contribution is -0.116. The van der Waals surface area contributed by atoms with E-state index in [0.29, 0.717) is 24.4 Å². The van der Waals surface area contributed by atoms with Crippen molar-refractivity contribution in [1.29, 1.82) is 0 Å². The van der Waals surface area contributed by atoms with E-state index in [0.717, 1.165) is 41.2 Å². The van der Waals surface area contributed by atoms with Gasteiger partial charge in [-0.05, 0) is 90.8 Å². The maximum Gasteiger partial charge on any atom is 0.225 e.